The van der Waals surface area contributed by atoms with E-state index in [0.29, 0.717) is 22.9 Å². The second-order valence-electron chi connectivity index (χ2n) is 5.58. The van der Waals surface area contributed by atoms with Crippen LogP contribution in [0.15, 0.2) is 42.5 Å². The minimum Gasteiger partial charge on any atom is -0.495 e. The molecule has 1 N–H and O–H groups in total. The third-order valence-electron chi connectivity index (χ3n) is 4.04. The minimum atomic E-state index is -0.569. The van der Waals surface area contributed by atoms with Crippen LogP contribution in [0.5, 0.6) is 5.75 Å². The van der Waals surface area contributed by atoms with E-state index >= 15 is 0 Å². The summed E-state index contributed by atoms with van der Waals surface area (Å²) in [5.74, 6) is 0.129. The molecule has 2 aromatic carbocycles. The second-order valence-corrected chi connectivity index (χ2v) is 5.98. The van der Waals surface area contributed by atoms with Crippen molar-refractivity contribution in [1.82, 2.24) is 0 Å². The number of amides is 2. The van der Waals surface area contributed by atoms with E-state index in [1.54, 1.807) is 18.2 Å². The van der Waals surface area contributed by atoms with Crippen LogP contribution in [0.2, 0.25) is 5.02 Å². The molecular formula is C18H17ClN2O3. The molecule has 2 amide bonds. The number of ether oxygens (including phenoxy) is 1. The van der Waals surface area contributed by atoms with Crippen LogP contribution < -0.4 is 15.0 Å². The van der Waals surface area contributed by atoms with Gasteiger partial charge in [0.1, 0.15) is 11.8 Å². The third-order valence-corrected chi connectivity index (χ3v) is 4.33. The van der Waals surface area contributed by atoms with Gasteiger partial charge in [0.05, 0.1) is 12.1 Å². The molecule has 0 aliphatic carbocycles. The molecule has 0 bridgehead atoms. The summed E-state index contributed by atoms with van der Waals surface area (Å²) < 4.78 is 5.10. The number of nitrogens with one attached hydrogen (secondary N) is 1. The summed E-state index contributed by atoms with van der Waals surface area (Å²) in [7, 11) is 1.53. The Morgan fingerprint density at radius 3 is 2.67 bits per heavy atom. The fraction of sp³-hybridized carbons (Fsp3) is 0.222. The topological polar surface area (TPSA) is 58.6 Å². The fourth-order valence-electron chi connectivity index (χ4n) is 2.95. The fourth-order valence-corrected chi connectivity index (χ4v) is 3.21. The first-order valence-corrected chi connectivity index (χ1v) is 7.91. The Morgan fingerprint density at radius 2 is 2.00 bits per heavy atom. The lowest BCUT2D eigenvalue weighted by atomic mass is 10.1. The standard InChI is InChI=1S/C18H17ClN2O3/c1-11(22)21-15-6-4-3-5-12(15)9-16(21)18(23)20-13-7-8-17(24-2)14(19)10-13/h3-8,10,16H,9H2,1-2H3,(H,20,23)/t16-/m0/s1. The van der Waals surface area contributed by atoms with E-state index in [1.165, 1.54) is 18.9 Å². The van der Waals surface area contributed by atoms with Gasteiger partial charge in [0, 0.05) is 24.7 Å². The number of rotatable bonds is 3. The summed E-state index contributed by atoms with van der Waals surface area (Å²) in [5, 5.41) is 3.23. The Bertz CT molecular complexity index is 807. The van der Waals surface area contributed by atoms with Gasteiger partial charge in [0.15, 0.2) is 0 Å². The Hall–Kier alpha value is -2.53. The number of methoxy groups -OCH3 is 1. The van der Waals surface area contributed by atoms with Gasteiger partial charge in [0.2, 0.25) is 11.8 Å². The molecule has 0 fully saturated rings. The van der Waals surface area contributed by atoms with Crippen LogP contribution in [-0.2, 0) is 16.0 Å². The van der Waals surface area contributed by atoms with Crippen molar-refractivity contribution >= 4 is 34.8 Å². The van der Waals surface area contributed by atoms with Gasteiger partial charge in [-0.25, -0.2) is 0 Å². The predicted octanol–water partition coefficient (Wildman–Crippen LogP) is 3.26. The number of hydrogen-bond donors (Lipinski definition) is 1. The molecule has 0 unspecified atom stereocenters. The van der Waals surface area contributed by atoms with Crippen LogP contribution in [0.1, 0.15) is 12.5 Å². The monoisotopic (exact) mass is 344 g/mol. The van der Waals surface area contributed by atoms with E-state index in [0.717, 1.165) is 11.3 Å². The van der Waals surface area contributed by atoms with Gasteiger partial charge in [-0.2, -0.15) is 0 Å². The van der Waals surface area contributed by atoms with Crippen molar-refractivity contribution in [3.8, 4) is 5.75 Å². The summed E-state index contributed by atoms with van der Waals surface area (Å²) in [5.41, 5.74) is 2.34. The largest absolute Gasteiger partial charge is 0.495 e. The number of para-hydroxylation sites is 1. The molecule has 1 aliphatic rings. The summed E-state index contributed by atoms with van der Waals surface area (Å²) in [6, 6.07) is 12.0. The molecule has 1 atom stereocenters. The molecule has 0 saturated heterocycles. The summed E-state index contributed by atoms with van der Waals surface area (Å²) in [4.78, 5) is 26.2. The zero-order valence-corrected chi connectivity index (χ0v) is 14.1. The van der Waals surface area contributed by atoms with Crippen LogP contribution in [0, 0.1) is 0 Å². The second kappa shape index (κ2) is 6.53. The molecule has 0 radical (unpaired) electrons. The van der Waals surface area contributed by atoms with Crippen molar-refractivity contribution in [1.29, 1.82) is 0 Å². The first-order chi connectivity index (χ1) is 11.5. The lowest BCUT2D eigenvalue weighted by Crippen LogP contribution is -2.44. The quantitative estimate of drug-likeness (QED) is 0.929. The molecule has 0 aromatic heterocycles. The van der Waals surface area contributed by atoms with Gasteiger partial charge in [-0.3, -0.25) is 14.5 Å². The zero-order valence-electron chi connectivity index (χ0n) is 13.4. The summed E-state index contributed by atoms with van der Waals surface area (Å²) >= 11 is 6.08. The van der Waals surface area contributed by atoms with Gasteiger partial charge in [-0.15, -0.1) is 0 Å². The predicted molar refractivity (Wildman–Crippen MR) is 93.7 cm³/mol. The highest BCUT2D eigenvalue weighted by Gasteiger charge is 2.36. The highest BCUT2D eigenvalue weighted by atomic mass is 35.5. The highest BCUT2D eigenvalue weighted by Crippen LogP contribution is 2.33. The summed E-state index contributed by atoms with van der Waals surface area (Å²) in [6.07, 6.45) is 0.492. The van der Waals surface area contributed by atoms with E-state index in [2.05, 4.69) is 5.32 Å². The molecule has 5 nitrogen and oxygen atoms in total. The van der Waals surface area contributed by atoms with Crippen molar-refractivity contribution in [3.05, 3.63) is 53.1 Å². The first-order valence-electron chi connectivity index (χ1n) is 7.53. The van der Waals surface area contributed by atoms with Crippen LogP contribution in [0.3, 0.4) is 0 Å². The number of halogens is 1. The molecule has 3 rings (SSSR count). The lowest BCUT2D eigenvalue weighted by molar-refractivity contribution is -0.122. The van der Waals surface area contributed by atoms with E-state index in [4.69, 9.17) is 16.3 Å². The number of benzene rings is 2. The number of fused-ring (bicyclic) bond motifs is 1. The smallest absolute Gasteiger partial charge is 0.247 e. The molecule has 1 heterocycles. The maximum absolute atomic E-state index is 12.7. The van der Waals surface area contributed by atoms with Gasteiger partial charge in [0.25, 0.3) is 0 Å². The number of nitrogens with zero attached hydrogens (tertiary/aromatic N) is 1. The first kappa shape index (κ1) is 16.3. The average Bonchev–Trinajstić information content (AvgIpc) is 2.95. The van der Waals surface area contributed by atoms with E-state index in [1.807, 2.05) is 24.3 Å². The molecule has 1 aliphatic heterocycles. The molecule has 24 heavy (non-hydrogen) atoms. The molecular weight excluding hydrogens is 328 g/mol. The highest BCUT2D eigenvalue weighted by molar-refractivity contribution is 6.32. The number of hydrogen-bond acceptors (Lipinski definition) is 3. The third kappa shape index (κ3) is 2.95. The maximum Gasteiger partial charge on any atom is 0.247 e. The number of carbonyl (C=O) groups is 2. The van der Waals surface area contributed by atoms with E-state index in [9.17, 15) is 9.59 Å². The van der Waals surface area contributed by atoms with Crippen LogP contribution >= 0.6 is 11.6 Å². The van der Waals surface area contributed by atoms with Crippen LogP contribution in [0.4, 0.5) is 11.4 Å². The Morgan fingerprint density at radius 1 is 1.25 bits per heavy atom. The molecule has 2 aromatic rings. The minimum absolute atomic E-state index is 0.159. The SMILES string of the molecule is COc1ccc(NC(=O)[C@@H]2Cc3ccccc3N2C(C)=O)cc1Cl. The number of carbonyl (C=O) groups excluding carboxylic acids is 2. The molecule has 0 saturated carbocycles. The Labute approximate surface area is 145 Å². The molecule has 6 heteroatoms. The maximum atomic E-state index is 12.7. The van der Waals surface area contributed by atoms with Gasteiger partial charge < -0.3 is 10.1 Å². The molecule has 124 valence electrons. The Balaban J connectivity index is 1.83. The normalized spacial score (nSPS) is 15.8. The van der Waals surface area contributed by atoms with Crippen molar-refractivity contribution in [2.45, 2.75) is 19.4 Å². The zero-order chi connectivity index (χ0) is 17.3. The Kier molecular flexibility index (Phi) is 4.44. The molecule has 0 spiro atoms. The number of anilines is 2. The van der Waals surface area contributed by atoms with Crippen molar-refractivity contribution in [2.24, 2.45) is 0 Å². The van der Waals surface area contributed by atoms with E-state index in [-0.39, 0.29) is 11.8 Å². The van der Waals surface area contributed by atoms with Crippen molar-refractivity contribution in [2.75, 3.05) is 17.3 Å². The van der Waals surface area contributed by atoms with Crippen molar-refractivity contribution < 1.29 is 14.3 Å². The van der Waals surface area contributed by atoms with Gasteiger partial charge in [-0.1, -0.05) is 29.8 Å². The van der Waals surface area contributed by atoms with Crippen LogP contribution in [0.25, 0.3) is 0 Å². The van der Waals surface area contributed by atoms with Crippen LogP contribution in [-0.4, -0.2) is 25.0 Å². The van der Waals surface area contributed by atoms with Gasteiger partial charge in [-0.05, 0) is 29.8 Å². The average molecular weight is 345 g/mol. The van der Waals surface area contributed by atoms with Gasteiger partial charge >= 0.3 is 0 Å². The van der Waals surface area contributed by atoms with E-state index < -0.39 is 6.04 Å². The summed E-state index contributed by atoms with van der Waals surface area (Å²) in [6.45, 7) is 1.46. The van der Waals surface area contributed by atoms with Crippen molar-refractivity contribution in [3.63, 3.8) is 0 Å². The lowest BCUT2D eigenvalue weighted by Gasteiger charge is -2.23.